The van der Waals surface area contributed by atoms with Crippen LogP contribution in [0.3, 0.4) is 0 Å². The molecule has 0 fully saturated rings. The Balaban J connectivity index is 2.14. The molecule has 2 aromatic carbocycles. The van der Waals surface area contributed by atoms with Crippen LogP contribution in [0.25, 0.3) is 27.5 Å². The average Bonchev–Trinajstić information content (AvgIpc) is 3.12. The zero-order chi connectivity index (χ0) is 17.6. The minimum Gasteiger partial charge on any atom is -0.480 e. The van der Waals surface area contributed by atoms with E-state index in [0.717, 1.165) is 6.07 Å². The molecule has 0 bridgehead atoms. The fourth-order valence-electron chi connectivity index (χ4n) is 3.01. The van der Waals surface area contributed by atoms with Crippen molar-refractivity contribution < 1.29 is 14.3 Å². The van der Waals surface area contributed by atoms with Crippen molar-refractivity contribution in [2.24, 2.45) is 0 Å². The van der Waals surface area contributed by atoms with E-state index in [9.17, 15) is 19.1 Å². The lowest BCUT2D eigenvalue weighted by atomic mass is 10.1. The van der Waals surface area contributed by atoms with E-state index < -0.39 is 11.8 Å². The molecule has 0 unspecified atom stereocenters. The van der Waals surface area contributed by atoms with Crippen molar-refractivity contribution in [2.75, 3.05) is 0 Å². The highest BCUT2D eigenvalue weighted by molar-refractivity contribution is 5.95. The quantitative estimate of drug-likeness (QED) is 0.583. The van der Waals surface area contributed by atoms with Gasteiger partial charge in [-0.25, -0.2) is 9.07 Å². The molecule has 2 aromatic heterocycles. The fourth-order valence-corrected chi connectivity index (χ4v) is 3.01. The molecule has 4 aromatic rings. The molecule has 25 heavy (non-hydrogen) atoms. The van der Waals surface area contributed by atoms with Crippen LogP contribution in [0.2, 0.25) is 0 Å². The molecule has 0 saturated carbocycles. The van der Waals surface area contributed by atoms with Crippen LogP contribution in [0.5, 0.6) is 0 Å². The van der Waals surface area contributed by atoms with Crippen molar-refractivity contribution in [1.82, 2.24) is 14.3 Å². The van der Waals surface area contributed by atoms with Crippen LogP contribution < -0.4 is 5.43 Å². The summed E-state index contributed by atoms with van der Waals surface area (Å²) in [6.45, 7) is -0.346. The Bertz CT molecular complexity index is 1180. The molecule has 0 spiro atoms. The molecular weight excluding hydrogens is 325 g/mol. The first-order chi connectivity index (χ1) is 12.0. The SMILES string of the molecule is O=C(O)Cn1c2ccc(F)cc2c(=O)c2ccc(-n3cccn3)cc21. The third-order valence-corrected chi connectivity index (χ3v) is 4.07. The summed E-state index contributed by atoms with van der Waals surface area (Å²) in [6.07, 6.45) is 3.37. The highest BCUT2D eigenvalue weighted by Gasteiger charge is 2.14. The molecule has 0 atom stereocenters. The molecule has 0 aliphatic rings. The van der Waals surface area contributed by atoms with Crippen molar-refractivity contribution in [2.45, 2.75) is 6.54 Å². The van der Waals surface area contributed by atoms with E-state index in [1.54, 1.807) is 41.3 Å². The van der Waals surface area contributed by atoms with Crippen LogP contribution in [0.1, 0.15) is 0 Å². The zero-order valence-corrected chi connectivity index (χ0v) is 12.9. The van der Waals surface area contributed by atoms with Gasteiger partial charge in [0.2, 0.25) is 0 Å². The van der Waals surface area contributed by atoms with E-state index in [2.05, 4.69) is 5.10 Å². The predicted octanol–water partition coefficient (Wildman–Crippen LogP) is 2.56. The molecule has 2 heterocycles. The third-order valence-electron chi connectivity index (χ3n) is 4.07. The summed E-state index contributed by atoms with van der Waals surface area (Å²) in [7, 11) is 0. The first kappa shape index (κ1) is 15.1. The molecule has 4 rings (SSSR count). The second-order valence-corrected chi connectivity index (χ2v) is 5.62. The highest BCUT2D eigenvalue weighted by atomic mass is 19.1. The number of nitrogens with zero attached hydrogens (tertiary/aromatic N) is 3. The number of benzene rings is 2. The van der Waals surface area contributed by atoms with Crippen LogP contribution in [0, 0.1) is 5.82 Å². The number of aromatic nitrogens is 3. The summed E-state index contributed by atoms with van der Waals surface area (Å²) in [5, 5.41) is 13.9. The van der Waals surface area contributed by atoms with Gasteiger partial charge in [0.15, 0.2) is 5.43 Å². The maximum atomic E-state index is 13.6. The first-order valence-electron chi connectivity index (χ1n) is 7.52. The predicted molar refractivity (Wildman–Crippen MR) is 90.4 cm³/mol. The van der Waals surface area contributed by atoms with Crippen LogP contribution in [-0.2, 0) is 11.3 Å². The number of fused-ring (bicyclic) bond motifs is 2. The van der Waals surface area contributed by atoms with Crippen molar-refractivity contribution in [3.05, 3.63) is 70.9 Å². The van der Waals surface area contributed by atoms with Gasteiger partial charge in [-0.1, -0.05) is 0 Å². The van der Waals surface area contributed by atoms with Gasteiger partial charge in [-0.3, -0.25) is 9.59 Å². The lowest BCUT2D eigenvalue weighted by Gasteiger charge is -2.14. The number of carboxylic acid groups (broad SMARTS) is 1. The normalized spacial score (nSPS) is 11.2. The lowest BCUT2D eigenvalue weighted by Crippen LogP contribution is -2.16. The minimum absolute atomic E-state index is 0.153. The van der Waals surface area contributed by atoms with E-state index in [1.165, 1.54) is 16.7 Å². The molecule has 0 aliphatic heterocycles. The Morgan fingerprint density at radius 1 is 1.12 bits per heavy atom. The molecule has 7 heteroatoms. The second kappa shape index (κ2) is 5.55. The Hall–Kier alpha value is -3.48. The van der Waals surface area contributed by atoms with Gasteiger partial charge in [0.05, 0.1) is 16.7 Å². The van der Waals surface area contributed by atoms with Crippen LogP contribution in [0.4, 0.5) is 4.39 Å². The molecule has 6 nitrogen and oxygen atoms in total. The summed E-state index contributed by atoms with van der Waals surface area (Å²) >= 11 is 0. The highest BCUT2D eigenvalue weighted by Crippen LogP contribution is 2.22. The molecule has 1 N–H and O–H groups in total. The Labute approximate surface area is 140 Å². The first-order valence-corrected chi connectivity index (χ1v) is 7.52. The van der Waals surface area contributed by atoms with E-state index >= 15 is 0 Å². The number of carboxylic acids is 1. The zero-order valence-electron chi connectivity index (χ0n) is 12.9. The molecular formula is C18H12FN3O3. The Kier molecular flexibility index (Phi) is 3.35. The van der Waals surface area contributed by atoms with Crippen molar-refractivity contribution in [3.63, 3.8) is 0 Å². The lowest BCUT2D eigenvalue weighted by molar-refractivity contribution is -0.137. The van der Waals surface area contributed by atoms with E-state index in [0.29, 0.717) is 22.1 Å². The summed E-state index contributed by atoms with van der Waals surface area (Å²) < 4.78 is 16.7. The summed E-state index contributed by atoms with van der Waals surface area (Å²) in [4.78, 5) is 24.1. The van der Waals surface area contributed by atoms with Gasteiger partial charge in [0, 0.05) is 23.2 Å². The van der Waals surface area contributed by atoms with E-state index in [4.69, 9.17) is 0 Å². The van der Waals surface area contributed by atoms with Gasteiger partial charge in [-0.15, -0.1) is 0 Å². The Morgan fingerprint density at radius 3 is 2.68 bits per heavy atom. The Morgan fingerprint density at radius 2 is 1.96 bits per heavy atom. The maximum absolute atomic E-state index is 13.6. The topological polar surface area (TPSA) is 77.1 Å². The number of pyridine rings is 1. The summed E-state index contributed by atoms with van der Waals surface area (Å²) in [5.74, 6) is -1.60. The third kappa shape index (κ3) is 2.46. The molecule has 0 aliphatic carbocycles. The van der Waals surface area contributed by atoms with Crippen molar-refractivity contribution >= 4 is 27.8 Å². The van der Waals surface area contributed by atoms with Gasteiger partial charge in [0.25, 0.3) is 0 Å². The largest absolute Gasteiger partial charge is 0.480 e. The standard InChI is InChI=1S/C18H12FN3O3/c19-11-2-5-15-14(8-11)18(25)13-4-3-12(22-7-1-6-20-22)9-16(13)21(15)10-17(23)24/h1-9H,10H2,(H,23,24). The van der Waals surface area contributed by atoms with Gasteiger partial charge in [0.1, 0.15) is 12.4 Å². The minimum atomic E-state index is -1.06. The summed E-state index contributed by atoms with van der Waals surface area (Å²) in [5.41, 5.74) is 1.19. The van der Waals surface area contributed by atoms with Gasteiger partial charge in [-0.05, 0) is 42.5 Å². The van der Waals surface area contributed by atoms with Crippen molar-refractivity contribution in [3.8, 4) is 5.69 Å². The van der Waals surface area contributed by atoms with Crippen LogP contribution in [0.15, 0.2) is 59.7 Å². The smallest absolute Gasteiger partial charge is 0.323 e. The molecule has 0 radical (unpaired) electrons. The van der Waals surface area contributed by atoms with Crippen LogP contribution >= 0.6 is 0 Å². The number of hydrogen-bond acceptors (Lipinski definition) is 3. The number of halogens is 1. The van der Waals surface area contributed by atoms with Gasteiger partial charge < -0.3 is 9.67 Å². The number of aliphatic carboxylic acids is 1. The molecule has 0 amide bonds. The molecule has 0 saturated heterocycles. The van der Waals surface area contributed by atoms with E-state index in [-0.39, 0.29) is 17.4 Å². The monoisotopic (exact) mass is 337 g/mol. The number of rotatable bonds is 3. The van der Waals surface area contributed by atoms with Crippen molar-refractivity contribution in [1.29, 1.82) is 0 Å². The fraction of sp³-hybridized carbons (Fsp3) is 0.0556. The number of hydrogen-bond donors (Lipinski definition) is 1. The molecule has 124 valence electrons. The van der Waals surface area contributed by atoms with Crippen LogP contribution in [-0.4, -0.2) is 25.4 Å². The van der Waals surface area contributed by atoms with Gasteiger partial charge in [-0.2, -0.15) is 5.10 Å². The van der Waals surface area contributed by atoms with E-state index in [1.807, 2.05) is 0 Å². The maximum Gasteiger partial charge on any atom is 0.323 e. The van der Waals surface area contributed by atoms with Gasteiger partial charge >= 0.3 is 5.97 Å². The number of carbonyl (C=O) groups is 1. The summed E-state index contributed by atoms with van der Waals surface area (Å²) in [6, 6.07) is 10.6. The second-order valence-electron chi connectivity index (χ2n) is 5.62. The average molecular weight is 337 g/mol.